The van der Waals surface area contributed by atoms with Gasteiger partial charge in [-0.2, -0.15) is 4.98 Å². The molecule has 0 amide bonds. The van der Waals surface area contributed by atoms with Crippen molar-refractivity contribution in [2.75, 3.05) is 12.8 Å². The summed E-state index contributed by atoms with van der Waals surface area (Å²) in [6.07, 6.45) is 0. The molecular weight excluding hydrogens is 310 g/mol. The molecule has 0 unspecified atom stereocenters. The molecule has 0 spiro atoms. The predicted octanol–water partition coefficient (Wildman–Crippen LogP) is 2.47. The van der Waals surface area contributed by atoms with Crippen molar-refractivity contribution in [1.82, 2.24) is 20.3 Å². The molecule has 2 heterocycles. The maximum absolute atomic E-state index is 5.52. The lowest BCUT2D eigenvalue weighted by Gasteiger charge is -1.99. The van der Waals surface area contributed by atoms with Gasteiger partial charge in [-0.05, 0) is 12.1 Å². The van der Waals surface area contributed by atoms with Crippen molar-refractivity contribution in [3.05, 3.63) is 30.2 Å². The SMILES string of the molecule is COc1cccc(-c2noc(CSc3nnc(N)s3)n2)c1. The number of benzene rings is 1. The van der Waals surface area contributed by atoms with E-state index in [1.54, 1.807) is 7.11 Å². The largest absolute Gasteiger partial charge is 0.497 e. The van der Waals surface area contributed by atoms with E-state index in [9.17, 15) is 0 Å². The minimum absolute atomic E-state index is 0.445. The molecule has 108 valence electrons. The van der Waals surface area contributed by atoms with Gasteiger partial charge in [0.1, 0.15) is 5.75 Å². The highest BCUT2D eigenvalue weighted by Gasteiger charge is 2.11. The molecule has 1 aromatic carbocycles. The highest BCUT2D eigenvalue weighted by Crippen LogP contribution is 2.27. The number of hydrogen-bond acceptors (Lipinski definition) is 9. The van der Waals surface area contributed by atoms with E-state index in [0.29, 0.717) is 22.6 Å². The molecule has 0 aliphatic rings. The molecule has 2 N–H and O–H groups in total. The third-order valence-electron chi connectivity index (χ3n) is 2.54. The van der Waals surface area contributed by atoms with Crippen molar-refractivity contribution in [3.8, 4) is 17.1 Å². The maximum Gasteiger partial charge on any atom is 0.237 e. The van der Waals surface area contributed by atoms with Gasteiger partial charge < -0.3 is 15.0 Å². The number of aromatic nitrogens is 4. The van der Waals surface area contributed by atoms with Gasteiger partial charge in [0, 0.05) is 5.56 Å². The zero-order chi connectivity index (χ0) is 14.7. The van der Waals surface area contributed by atoms with Crippen molar-refractivity contribution in [3.63, 3.8) is 0 Å². The Bertz CT molecular complexity index is 743. The molecule has 7 nitrogen and oxygen atoms in total. The third kappa shape index (κ3) is 3.31. The standard InChI is InChI=1S/C12H11N5O2S2/c1-18-8-4-2-3-7(5-8)10-14-9(19-17-10)6-20-12-16-15-11(13)21-12/h2-5H,6H2,1H3,(H2,13,15). The molecule has 0 aliphatic heterocycles. The first-order valence-electron chi connectivity index (χ1n) is 5.93. The summed E-state index contributed by atoms with van der Waals surface area (Å²) in [5.74, 6) is 2.32. The van der Waals surface area contributed by atoms with Crippen LogP contribution >= 0.6 is 23.1 Å². The fraction of sp³-hybridized carbons (Fsp3) is 0.167. The highest BCUT2D eigenvalue weighted by atomic mass is 32.2. The normalized spacial score (nSPS) is 10.7. The third-order valence-corrected chi connectivity index (χ3v) is 4.41. The van der Waals surface area contributed by atoms with Crippen molar-refractivity contribution in [2.45, 2.75) is 10.1 Å². The zero-order valence-electron chi connectivity index (χ0n) is 11.0. The van der Waals surface area contributed by atoms with Crippen LogP contribution in [0.2, 0.25) is 0 Å². The van der Waals surface area contributed by atoms with Crippen LogP contribution in [-0.4, -0.2) is 27.4 Å². The van der Waals surface area contributed by atoms with Gasteiger partial charge in [0.25, 0.3) is 0 Å². The Morgan fingerprint density at radius 2 is 2.29 bits per heavy atom. The molecule has 0 fully saturated rings. The van der Waals surface area contributed by atoms with E-state index in [0.717, 1.165) is 15.7 Å². The fourth-order valence-electron chi connectivity index (χ4n) is 1.60. The van der Waals surface area contributed by atoms with Crippen LogP contribution in [0.4, 0.5) is 5.13 Å². The summed E-state index contributed by atoms with van der Waals surface area (Å²) >= 11 is 2.78. The van der Waals surface area contributed by atoms with Crippen LogP contribution < -0.4 is 10.5 Å². The van der Waals surface area contributed by atoms with Gasteiger partial charge in [-0.15, -0.1) is 10.2 Å². The summed E-state index contributed by atoms with van der Waals surface area (Å²) < 4.78 is 11.2. The predicted molar refractivity (Wildman–Crippen MR) is 80.2 cm³/mol. The van der Waals surface area contributed by atoms with Crippen LogP contribution in [0.25, 0.3) is 11.4 Å². The first-order valence-corrected chi connectivity index (χ1v) is 7.73. The van der Waals surface area contributed by atoms with E-state index in [1.165, 1.54) is 23.1 Å². The monoisotopic (exact) mass is 321 g/mol. The number of hydrogen-bond donors (Lipinski definition) is 1. The van der Waals surface area contributed by atoms with E-state index < -0.39 is 0 Å². The first-order chi connectivity index (χ1) is 10.2. The van der Waals surface area contributed by atoms with Crippen LogP contribution in [-0.2, 0) is 5.75 Å². The lowest BCUT2D eigenvalue weighted by Crippen LogP contribution is -1.86. The minimum atomic E-state index is 0.445. The van der Waals surface area contributed by atoms with Crippen molar-refractivity contribution in [1.29, 1.82) is 0 Å². The number of rotatable bonds is 5. The van der Waals surface area contributed by atoms with Gasteiger partial charge in [0.15, 0.2) is 4.34 Å². The van der Waals surface area contributed by atoms with Crippen LogP contribution in [0.1, 0.15) is 5.89 Å². The van der Waals surface area contributed by atoms with Gasteiger partial charge >= 0.3 is 0 Å². The molecule has 0 bridgehead atoms. The van der Waals surface area contributed by atoms with E-state index in [4.69, 9.17) is 15.0 Å². The second kappa shape index (κ2) is 6.10. The van der Waals surface area contributed by atoms with Crippen molar-refractivity contribution in [2.24, 2.45) is 0 Å². The molecule has 3 rings (SSSR count). The Balaban J connectivity index is 1.70. The molecule has 0 radical (unpaired) electrons. The number of anilines is 1. The number of methoxy groups -OCH3 is 1. The summed E-state index contributed by atoms with van der Waals surface area (Å²) in [5.41, 5.74) is 6.37. The van der Waals surface area contributed by atoms with E-state index in [-0.39, 0.29) is 0 Å². The quantitative estimate of drug-likeness (QED) is 0.715. The van der Waals surface area contributed by atoms with Crippen LogP contribution in [0.5, 0.6) is 5.75 Å². The van der Waals surface area contributed by atoms with Crippen LogP contribution in [0.15, 0.2) is 33.1 Å². The Morgan fingerprint density at radius 3 is 3.05 bits per heavy atom. The molecule has 2 aromatic heterocycles. The lowest BCUT2D eigenvalue weighted by molar-refractivity contribution is 0.391. The number of ether oxygens (including phenoxy) is 1. The molecule has 9 heteroatoms. The molecule has 21 heavy (non-hydrogen) atoms. The summed E-state index contributed by atoms with van der Waals surface area (Å²) in [4.78, 5) is 4.35. The summed E-state index contributed by atoms with van der Waals surface area (Å²) in [6, 6.07) is 7.49. The topological polar surface area (TPSA) is 100.0 Å². The molecule has 0 aliphatic carbocycles. The first kappa shape index (κ1) is 13.8. The molecular formula is C12H11N5O2S2. The molecule has 3 aromatic rings. The second-order valence-electron chi connectivity index (χ2n) is 3.94. The van der Waals surface area contributed by atoms with Gasteiger partial charge in [-0.3, -0.25) is 0 Å². The van der Waals surface area contributed by atoms with Crippen LogP contribution in [0, 0.1) is 0 Å². The number of nitrogens with zero attached hydrogens (tertiary/aromatic N) is 4. The highest BCUT2D eigenvalue weighted by molar-refractivity contribution is 8.00. The van der Waals surface area contributed by atoms with Gasteiger partial charge in [0.2, 0.25) is 16.8 Å². The van der Waals surface area contributed by atoms with Gasteiger partial charge in [-0.25, -0.2) is 0 Å². The summed E-state index contributed by atoms with van der Waals surface area (Å²) in [7, 11) is 1.62. The van der Waals surface area contributed by atoms with Crippen molar-refractivity contribution < 1.29 is 9.26 Å². The fourth-order valence-corrected chi connectivity index (χ4v) is 3.07. The van der Waals surface area contributed by atoms with E-state index in [2.05, 4.69) is 20.3 Å². The molecule has 0 atom stereocenters. The number of nitrogens with two attached hydrogens (primary N) is 1. The summed E-state index contributed by atoms with van der Waals surface area (Å²) in [5, 5.41) is 12.1. The van der Waals surface area contributed by atoms with E-state index in [1.807, 2.05) is 24.3 Å². The van der Waals surface area contributed by atoms with E-state index >= 15 is 0 Å². The maximum atomic E-state index is 5.52. The minimum Gasteiger partial charge on any atom is -0.497 e. The van der Waals surface area contributed by atoms with Crippen molar-refractivity contribution >= 4 is 28.2 Å². The average Bonchev–Trinajstić information content (AvgIpc) is 3.14. The Hall–Kier alpha value is -2.13. The van der Waals surface area contributed by atoms with Gasteiger partial charge in [-0.1, -0.05) is 40.4 Å². The molecule has 0 saturated carbocycles. The van der Waals surface area contributed by atoms with Crippen LogP contribution in [0.3, 0.4) is 0 Å². The Labute approximate surface area is 128 Å². The second-order valence-corrected chi connectivity index (χ2v) is 6.17. The molecule has 0 saturated heterocycles. The lowest BCUT2D eigenvalue weighted by atomic mass is 10.2. The zero-order valence-corrected chi connectivity index (χ0v) is 12.6. The number of nitrogen functional groups attached to an aromatic ring is 1. The average molecular weight is 321 g/mol. The smallest absolute Gasteiger partial charge is 0.237 e. The Kier molecular flexibility index (Phi) is 4.02. The summed E-state index contributed by atoms with van der Waals surface area (Å²) in [6.45, 7) is 0. The Morgan fingerprint density at radius 1 is 1.38 bits per heavy atom. The number of thioether (sulfide) groups is 1. The van der Waals surface area contributed by atoms with Gasteiger partial charge in [0.05, 0.1) is 12.9 Å².